The normalized spacial score (nSPS) is 27.7. The Bertz CT molecular complexity index is 767. The van der Waals surface area contributed by atoms with Crippen molar-refractivity contribution < 1.29 is 14.9 Å². The van der Waals surface area contributed by atoms with Crippen LogP contribution in [0.1, 0.15) is 179 Å². The average molecular weight is 599 g/mol. The fourth-order valence-corrected chi connectivity index (χ4v) is 8.56. The van der Waals surface area contributed by atoms with Gasteiger partial charge < -0.3 is 14.9 Å². The van der Waals surface area contributed by atoms with Crippen molar-refractivity contribution in [2.45, 2.75) is 174 Å². The molecule has 0 heterocycles. The Balaban J connectivity index is 0.000000236. The van der Waals surface area contributed by atoms with Gasteiger partial charge in [0.15, 0.2) is 6.79 Å². The first-order valence-electron chi connectivity index (χ1n) is 19.1. The van der Waals surface area contributed by atoms with Crippen LogP contribution in [0.3, 0.4) is 0 Å². The molecular weight excluding hydrogens is 528 g/mol. The zero-order chi connectivity index (χ0) is 30.5. The highest BCUT2D eigenvalue weighted by atomic mass is 16.6. The molecule has 3 aliphatic carbocycles. The highest BCUT2D eigenvalue weighted by molar-refractivity contribution is 5.29. The summed E-state index contributed by atoms with van der Waals surface area (Å²) < 4.78 is 5.09. The van der Waals surface area contributed by atoms with Crippen molar-refractivity contribution >= 4 is 0 Å². The monoisotopic (exact) mass is 599 g/mol. The van der Waals surface area contributed by atoms with E-state index >= 15 is 0 Å². The molecule has 4 rings (SSSR count). The molecule has 0 bridgehead atoms. The van der Waals surface area contributed by atoms with E-state index in [1.54, 1.807) is 0 Å². The Hall–Kier alpha value is -1.06. The Labute approximate surface area is 267 Å². The van der Waals surface area contributed by atoms with Gasteiger partial charge in [-0.15, -0.1) is 0 Å². The molecule has 3 fully saturated rings. The fraction of sp³-hybridized carbons (Fsp3) is 0.850. The Morgan fingerprint density at radius 1 is 0.535 bits per heavy atom. The van der Waals surface area contributed by atoms with Gasteiger partial charge in [-0.2, -0.15) is 0 Å². The van der Waals surface area contributed by atoms with Crippen molar-refractivity contribution in [1.29, 1.82) is 0 Å². The average Bonchev–Trinajstić information content (AvgIpc) is 3.06. The lowest BCUT2D eigenvalue weighted by atomic mass is 9.69. The molecule has 0 spiro atoms. The third kappa shape index (κ3) is 14.3. The van der Waals surface area contributed by atoms with Crippen molar-refractivity contribution in [3.63, 3.8) is 0 Å². The second-order valence-corrected chi connectivity index (χ2v) is 14.7. The minimum absolute atomic E-state index is 0.247. The third-order valence-corrected chi connectivity index (χ3v) is 11.6. The first kappa shape index (κ1) is 36.4. The van der Waals surface area contributed by atoms with Gasteiger partial charge in [0.1, 0.15) is 5.75 Å². The summed E-state index contributed by atoms with van der Waals surface area (Å²) in [6.07, 6.45) is 34.1. The lowest BCUT2D eigenvalue weighted by Crippen LogP contribution is -2.26. The second kappa shape index (κ2) is 22.4. The molecule has 3 nitrogen and oxygen atoms in total. The molecule has 3 saturated carbocycles. The number of unbranched alkanes of at least 4 members (excludes halogenated alkanes) is 8. The van der Waals surface area contributed by atoms with E-state index in [-0.39, 0.29) is 6.79 Å². The number of ether oxygens (including phenoxy) is 1. The molecule has 248 valence electrons. The van der Waals surface area contributed by atoms with E-state index in [0.717, 1.165) is 35.3 Å². The number of benzene rings is 1. The summed E-state index contributed by atoms with van der Waals surface area (Å²) in [6, 6.07) is 8.29. The molecule has 1 aromatic rings. The minimum Gasteiger partial charge on any atom is -0.468 e. The zero-order valence-corrected chi connectivity index (χ0v) is 28.5. The van der Waals surface area contributed by atoms with E-state index in [2.05, 4.69) is 26.0 Å². The van der Waals surface area contributed by atoms with E-state index in [9.17, 15) is 5.11 Å². The van der Waals surface area contributed by atoms with Gasteiger partial charge in [0, 0.05) is 6.61 Å². The highest BCUT2D eigenvalue weighted by Gasteiger charge is 2.30. The van der Waals surface area contributed by atoms with Crippen LogP contribution in [0.5, 0.6) is 5.75 Å². The molecule has 0 amide bonds. The quantitative estimate of drug-likeness (QED) is 0.138. The van der Waals surface area contributed by atoms with Gasteiger partial charge in [-0.25, -0.2) is 0 Å². The molecule has 0 aromatic heterocycles. The first-order chi connectivity index (χ1) is 21.2. The topological polar surface area (TPSA) is 49.7 Å². The summed E-state index contributed by atoms with van der Waals surface area (Å²) in [5.41, 5.74) is 1.44. The van der Waals surface area contributed by atoms with Crippen LogP contribution in [0, 0.1) is 29.6 Å². The second-order valence-electron chi connectivity index (χ2n) is 14.7. The predicted octanol–water partition coefficient (Wildman–Crippen LogP) is 11.6. The summed E-state index contributed by atoms with van der Waals surface area (Å²) in [6.45, 7) is 4.76. The molecular formula is C40H70O3. The lowest BCUT2D eigenvalue weighted by molar-refractivity contribution is 0.0985. The number of hydrogen-bond donors (Lipinski definition) is 2. The maximum absolute atomic E-state index is 9.26. The van der Waals surface area contributed by atoms with Gasteiger partial charge in [-0.1, -0.05) is 116 Å². The number of hydrogen-bond acceptors (Lipinski definition) is 3. The SMILES string of the molecule is CCCCCCCC1CCC(C2CCC(CO)CC2)CC1.CCCCCCCC1CCC(c2ccc(OCO)cc2)CC1. The van der Waals surface area contributed by atoms with Crippen LogP contribution in [0.4, 0.5) is 0 Å². The fourth-order valence-electron chi connectivity index (χ4n) is 8.56. The lowest BCUT2D eigenvalue weighted by Gasteiger charge is -2.37. The predicted molar refractivity (Wildman–Crippen MR) is 184 cm³/mol. The third-order valence-electron chi connectivity index (χ3n) is 11.6. The molecule has 0 unspecified atom stereocenters. The minimum atomic E-state index is -0.247. The summed E-state index contributed by atoms with van der Waals surface area (Å²) in [5, 5.41) is 18.0. The van der Waals surface area contributed by atoms with Crippen LogP contribution in [0.25, 0.3) is 0 Å². The van der Waals surface area contributed by atoms with Crippen LogP contribution in [-0.2, 0) is 0 Å². The van der Waals surface area contributed by atoms with Crippen LogP contribution in [-0.4, -0.2) is 23.6 Å². The summed E-state index contributed by atoms with van der Waals surface area (Å²) in [4.78, 5) is 0. The van der Waals surface area contributed by atoms with Gasteiger partial charge >= 0.3 is 0 Å². The first-order valence-corrected chi connectivity index (χ1v) is 19.1. The standard InChI is InChI=1S/C20H32O2.C20H38O/c1-2-3-4-5-6-7-17-8-10-18(11-9-17)19-12-14-20(15-13-19)22-16-21;1-2-3-4-5-6-7-17-8-12-19(13-9-17)20-14-10-18(16-21)11-15-20/h12-15,17-18,21H,2-11,16H2,1H3;17-21H,2-16H2,1H3. The van der Waals surface area contributed by atoms with E-state index in [1.165, 1.54) is 160 Å². The Morgan fingerprint density at radius 3 is 1.42 bits per heavy atom. The van der Waals surface area contributed by atoms with Gasteiger partial charge in [0.2, 0.25) is 0 Å². The molecule has 2 N–H and O–H groups in total. The van der Waals surface area contributed by atoms with Crippen LogP contribution in [0.2, 0.25) is 0 Å². The molecule has 43 heavy (non-hydrogen) atoms. The van der Waals surface area contributed by atoms with Crippen LogP contribution >= 0.6 is 0 Å². The van der Waals surface area contributed by atoms with E-state index in [0.29, 0.717) is 12.5 Å². The molecule has 0 aliphatic heterocycles. The summed E-state index contributed by atoms with van der Waals surface area (Å²) in [7, 11) is 0. The van der Waals surface area contributed by atoms with Crippen molar-refractivity contribution in [2.24, 2.45) is 29.6 Å². The molecule has 0 radical (unpaired) electrons. The van der Waals surface area contributed by atoms with Gasteiger partial charge in [0.05, 0.1) is 0 Å². The highest BCUT2D eigenvalue weighted by Crippen LogP contribution is 2.42. The largest absolute Gasteiger partial charge is 0.468 e. The smallest absolute Gasteiger partial charge is 0.186 e. The molecule has 3 heteroatoms. The number of aliphatic hydroxyl groups is 2. The molecule has 3 aliphatic rings. The van der Waals surface area contributed by atoms with Gasteiger partial charge in [-0.3, -0.25) is 0 Å². The number of rotatable bonds is 17. The van der Waals surface area contributed by atoms with Crippen LogP contribution in [0.15, 0.2) is 24.3 Å². The van der Waals surface area contributed by atoms with Gasteiger partial charge in [0.25, 0.3) is 0 Å². The van der Waals surface area contributed by atoms with Crippen molar-refractivity contribution in [1.82, 2.24) is 0 Å². The maximum Gasteiger partial charge on any atom is 0.186 e. The Kier molecular flexibility index (Phi) is 19.0. The number of aliphatic hydroxyl groups excluding tert-OH is 2. The van der Waals surface area contributed by atoms with Gasteiger partial charge in [-0.05, 0) is 117 Å². The summed E-state index contributed by atoms with van der Waals surface area (Å²) in [5.74, 6) is 6.15. The molecule has 1 aromatic carbocycles. The van der Waals surface area contributed by atoms with E-state index in [4.69, 9.17) is 9.84 Å². The van der Waals surface area contributed by atoms with Crippen molar-refractivity contribution in [2.75, 3.05) is 13.4 Å². The van der Waals surface area contributed by atoms with Crippen molar-refractivity contribution in [3.05, 3.63) is 29.8 Å². The Morgan fingerprint density at radius 2 is 0.977 bits per heavy atom. The van der Waals surface area contributed by atoms with E-state index in [1.807, 2.05) is 12.1 Å². The zero-order valence-electron chi connectivity index (χ0n) is 28.5. The van der Waals surface area contributed by atoms with Crippen LogP contribution < -0.4 is 4.74 Å². The van der Waals surface area contributed by atoms with E-state index < -0.39 is 0 Å². The molecule has 0 atom stereocenters. The summed E-state index contributed by atoms with van der Waals surface area (Å²) >= 11 is 0. The molecule has 0 saturated heterocycles. The maximum atomic E-state index is 9.26. The van der Waals surface area contributed by atoms with Crippen molar-refractivity contribution in [3.8, 4) is 5.75 Å².